The second-order valence-electron chi connectivity index (χ2n) is 8.86. The normalized spacial score (nSPS) is 17.1. The van der Waals surface area contributed by atoms with Gasteiger partial charge in [-0.3, -0.25) is 0 Å². The Balaban J connectivity index is 1.82. The molecule has 0 fully saturated rings. The molecule has 0 radical (unpaired) electrons. The summed E-state index contributed by atoms with van der Waals surface area (Å²) in [5, 5.41) is 10.1. The van der Waals surface area contributed by atoms with Gasteiger partial charge in [0.2, 0.25) is 0 Å². The van der Waals surface area contributed by atoms with Crippen LogP contribution in [0.5, 0.6) is 11.5 Å². The summed E-state index contributed by atoms with van der Waals surface area (Å²) < 4.78 is 17.5. The van der Waals surface area contributed by atoms with Gasteiger partial charge >= 0.3 is 6.82 Å². The Morgan fingerprint density at radius 3 is 2.18 bits per heavy atom. The number of benzene rings is 2. The third-order valence-electron chi connectivity index (χ3n) is 7.17. The minimum absolute atomic E-state index is 0.592. The van der Waals surface area contributed by atoms with E-state index in [0.717, 1.165) is 45.1 Å². The first-order valence-corrected chi connectivity index (χ1v) is 11.2. The lowest BCUT2D eigenvalue weighted by Gasteiger charge is -2.39. The maximum absolute atomic E-state index is 10.1. The van der Waals surface area contributed by atoms with Crippen LogP contribution in [0.25, 0.3) is 10.4 Å². The Hall–Kier alpha value is -4.49. The molecule has 0 aliphatic carbocycles. The van der Waals surface area contributed by atoms with Crippen LogP contribution in [-0.4, -0.2) is 21.5 Å². The Morgan fingerprint density at radius 2 is 1.59 bits per heavy atom. The van der Waals surface area contributed by atoms with Crippen LogP contribution in [0.4, 0.5) is 0 Å². The fraction of sp³-hybridized carbons (Fsp3) is 0.148. The van der Waals surface area contributed by atoms with Crippen LogP contribution < -0.4 is 9.31 Å². The zero-order valence-electron chi connectivity index (χ0n) is 19.4. The summed E-state index contributed by atoms with van der Waals surface area (Å²) in [6, 6.07) is 20.1. The summed E-state index contributed by atoms with van der Waals surface area (Å²) in [5.41, 5.74) is 8.25. The highest BCUT2D eigenvalue weighted by atomic mass is 16.7. The molecule has 4 heterocycles. The molecule has 164 valence electrons. The number of aromatic nitrogens is 1. The Morgan fingerprint density at radius 1 is 0.971 bits per heavy atom. The Bertz CT molecular complexity index is 1590. The molecule has 0 saturated carbocycles. The maximum atomic E-state index is 10.1. The molecule has 0 atom stereocenters. The average molecular weight is 444 g/mol. The second kappa shape index (κ2) is 6.76. The molecule has 0 saturated heterocycles. The first-order chi connectivity index (χ1) is 16.4. The van der Waals surface area contributed by atoms with Crippen LogP contribution in [0.1, 0.15) is 41.9 Å². The van der Waals surface area contributed by atoms with E-state index < -0.39 is 6.82 Å². The van der Waals surface area contributed by atoms with Gasteiger partial charge in [0.1, 0.15) is 23.3 Å². The molecule has 0 unspecified atom stereocenters. The number of allylic oxidation sites excluding steroid dienone is 2. The van der Waals surface area contributed by atoms with Gasteiger partial charge in [-0.1, -0.05) is 42.5 Å². The number of fused-ring (bicyclic) bond motifs is 5. The molecule has 0 N–H and O–H groups in total. The van der Waals surface area contributed by atoms with Crippen molar-refractivity contribution >= 4 is 18.1 Å². The Labute approximate surface area is 198 Å². The first-order valence-electron chi connectivity index (χ1n) is 11.2. The minimum atomic E-state index is -2.34. The van der Waals surface area contributed by atoms with Crippen molar-refractivity contribution in [2.45, 2.75) is 27.7 Å². The number of nitriles is 1. The lowest BCUT2D eigenvalue weighted by atomic mass is 9.78. The molecule has 6 rings (SSSR count). The topological polar surface area (TPSA) is 54.6 Å². The monoisotopic (exact) mass is 444 g/mol. The highest BCUT2D eigenvalue weighted by molar-refractivity contribution is 6.62. The average Bonchev–Trinajstić information content (AvgIpc) is 3.43. The largest absolute Gasteiger partial charge is 0.779 e. The van der Waals surface area contributed by atoms with E-state index in [1.165, 1.54) is 0 Å². The van der Waals surface area contributed by atoms with Gasteiger partial charge in [0.15, 0.2) is 5.70 Å². The lowest BCUT2D eigenvalue weighted by Crippen LogP contribution is -2.65. The van der Waals surface area contributed by atoms with E-state index in [1.54, 1.807) is 0 Å². The van der Waals surface area contributed by atoms with Crippen molar-refractivity contribution in [2.24, 2.45) is 0 Å². The Kier molecular flexibility index (Phi) is 4.00. The van der Waals surface area contributed by atoms with Crippen molar-refractivity contribution in [3.05, 3.63) is 111 Å². The SMILES string of the molecule is [C-]#[N+]C1=C(C)C2=C(c3ccccc3)c3c(C)c(C#N)c(C)n3[B-]3(Oc4ccccc4O3)[N+]2=C1C. The van der Waals surface area contributed by atoms with Gasteiger partial charge in [-0.25, -0.2) is 4.85 Å². The van der Waals surface area contributed by atoms with Crippen molar-refractivity contribution in [3.63, 3.8) is 0 Å². The second-order valence-corrected chi connectivity index (χ2v) is 8.86. The van der Waals surface area contributed by atoms with Crippen LogP contribution in [0.3, 0.4) is 0 Å². The standard InChI is InChI=1S/C27H21BN4O2/c1-16-21(15-29)18(3)31-26(16)24(20-11-7-6-8-12-20)27-17(2)25(30-5)19(4)32(27)28(31)33-22-13-9-10-14-23(22)34-28/h6-14H,1-4H3. The van der Waals surface area contributed by atoms with Crippen LogP contribution in [0.15, 0.2) is 71.6 Å². The van der Waals surface area contributed by atoms with Gasteiger partial charge in [-0.2, -0.15) is 5.26 Å². The molecule has 34 heavy (non-hydrogen) atoms. The molecule has 2 aromatic carbocycles. The van der Waals surface area contributed by atoms with E-state index in [-0.39, 0.29) is 0 Å². The molecule has 6 nitrogen and oxygen atoms in total. The number of hydrogen-bond acceptors (Lipinski definition) is 3. The molecule has 7 heteroatoms. The third-order valence-corrected chi connectivity index (χ3v) is 7.17. The molecule has 1 spiro atoms. The predicted octanol–water partition coefficient (Wildman–Crippen LogP) is 5.19. The van der Waals surface area contributed by atoms with Crippen LogP contribution >= 0.6 is 0 Å². The summed E-state index contributed by atoms with van der Waals surface area (Å²) in [7, 11) is 0. The van der Waals surface area contributed by atoms with Crippen molar-refractivity contribution in [1.29, 1.82) is 5.26 Å². The highest BCUT2D eigenvalue weighted by Crippen LogP contribution is 2.49. The van der Waals surface area contributed by atoms with E-state index in [4.69, 9.17) is 15.9 Å². The number of rotatable bonds is 1. The van der Waals surface area contributed by atoms with Crippen LogP contribution in [0.2, 0.25) is 0 Å². The molecule has 1 aromatic heterocycles. The molecule has 0 bridgehead atoms. The number of nitrogens with zero attached hydrogens (tertiary/aromatic N) is 4. The fourth-order valence-corrected chi connectivity index (χ4v) is 5.78. The van der Waals surface area contributed by atoms with Gasteiger partial charge in [-0.15, -0.1) is 0 Å². The molecule has 3 aliphatic heterocycles. The summed E-state index contributed by atoms with van der Waals surface area (Å²) in [4.78, 5) is 3.89. The summed E-state index contributed by atoms with van der Waals surface area (Å²) in [6.07, 6.45) is 0. The van der Waals surface area contributed by atoms with E-state index in [0.29, 0.717) is 22.8 Å². The predicted molar refractivity (Wildman–Crippen MR) is 130 cm³/mol. The lowest BCUT2D eigenvalue weighted by molar-refractivity contribution is -0.369. The smallest absolute Gasteiger partial charge is 0.599 e. The van der Waals surface area contributed by atoms with Crippen molar-refractivity contribution < 1.29 is 13.8 Å². The first kappa shape index (κ1) is 20.1. The van der Waals surface area contributed by atoms with Crippen molar-refractivity contribution in [3.8, 4) is 17.6 Å². The highest BCUT2D eigenvalue weighted by Gasteiger charge is 2.63. The number of para-hydroxylation sites is 2. The van der Waals surface area contributed by atoms with E-state index >= 15 is 0 Å². The molecule has 3 aliphatic rings. The summed E-state index contributed by atoms with van der Waals surface area (Å²) >= 11 is 0. The summed E-state index contributed by atoms with van der Waals surface area (Å²) in [5.74, 6) is 1.28. The van der Waals surface area contributed by atoms with Crippen molar-refractivity contribution in [1.82, 2.24) is 4.48 Å². The van der Waals surface area contributed by atoms with E-state index in [2.05, 4.69) is 23.0 Å². The van der Waals surface area contributed by atoms with E-state index in [9.17, 15) is 5.26 Å². The zero-order chi connectivity index (χ0) is 23.8. The van der Waals surface area contributed by atoms with Gasteiger partial charge in [0.05, 0.1) is 17.7 Å². The zero-order valence-corrected chi connectivity index (χ0v) is 19.4. The number of hydrogen-bond donors (Lipinski definition) is 0. The van der Waals surface area contributed by atoms with E-state index in [1.807, 2.05) is 79.1 Å². The molecule has 0 amide bonds. The summed E-state index contributed by atoms with van der Waals surface area (Å²) in [6.45, 7) is 13.4. The van der Waals surface area contributed by atoms with Gasteiger partial charge in [-0.05, 0) is 44.0 Å². The van der Waals surface area contributed by atoms with Crippen molar-refractivity contribution in [2.75, 3.05) is 0 Å². The molecule has 3 aromatic rings. The minimum Gasteiger partial charge on any atom is -0.599 e. The molecular weight excluding hydrogens is 423 g/mol. The van der Waals surface area contributed by atoms with Gasteiger partial charge < -0.3 is 18.3 Å². The molecular formula is C27H21BN4O2. The van der Waals surface area contributed by atoms with Gasteiger partial charge in [0, 0.05) is 23.9 Å². The van der Waals surface area contributed by atoms with Crippen LogP contribution in [-0.2, 0) is 0 Å². The fourth-order valence-electron chi connectivity index (χ4n) is 5.78. The maximum Gasteiger partial charge on any atom is 0.779 e. The quantitative estimate of drug-likeness (QED) is 0.384. The van der Waals surface area contributed by atoms with Crippen LogP contribution in [0, 0.1) is 31.8 Å². The van der Waals surface area contributed by atoms with Gasteiger partial charge in [0.25, 0.3) is 5.70 Å². The third kappa shape index (κ3) is 2.26.